The number of carbonyl (C=O) groups excluding carboxylic acids is 1. The minimum atomic E-state index is -4.67. The van der Waals surface area contributed by atoms with E-state index in [4.69, 9.17) is 16.3 Å². The maximum Gasteiger partial charge on any atom is 0.418 e. The lowest BCUT2D eigenvalue weighted by molar-refractivity contribution is -0.137. The summed E-state index contributed by atoms with van der Waals surface area (Å²) in [5.41, 5.74) is -0.455. The zero-order chi connectivity index (χ0) is 23.4. The van der Waals surface area contributed by atoms with Gasteiger partial charge in [-0.3, -0.25) is 4.79 Å². The number of rotatable bonds is 6. The predicted octanol–water partition coefficient (Wildman–Crippen LogP) is 5.17. The Kier molecular flexibility index (Phi) is 6.27. The van der Waals surface area contributed by atoms with Crippen molar-refractivity contribution in [3.63, 3.8) is 0 Å². The SMILES string of the molecule is O=C(Nc1ccccc1)c1ccccc1OCc1nnnn1-c1ccc(Cl)cc1C(F)(F)F. The summed E-state index contributed by atoms with van der Waals surface area (Å²) in [4.78, 5) is 12.7. The summed E-state index contributed by atoms with van der Waals surface area (Å²) in [6.07, 6.45) is -4.67. The first-order chi connectivity index (χ1) is 15.8. The summed E-state index contributed by atoms with van der Waals surface area (Å²) >= 11 is 5.75. The van der Waals surface area contributed by atoms with Gasteiger partial charge in [-0.2, -0.15) is 17.9 Å². The highest BCUT2D eigenvalue weighted by Gasteiger charge is 2.35. The van der Waals surface area contributed by atoms with Crippen molar-refractivity contribution in [3.8, 4) is 11.4 Å². The molecule has 0 fully saturated rings. The molecule has 33 heavy (non-hydrogen) atoms. The van der Waals surface area contributed by atoms with E-state index in [1.165, 1.54) is 12.1 Å². The molecule has 0 atom stereocenters. The molecular formula is C22H15ClF3N5O2. The van der Waals surface area contributed by atoms with Crippen molar-refractivity contribution in [2.24, 2.45) is 0 Å². The third kappa shape index (κ3) is 5.12. The maximum atomic E-state index is 13.5. The highest BCUT2D eigenvalue weighted by Crippen LogP contribution is 2.35. The van der Waals surface area contributed by atoms with Gasteiger partial charge >= 0.3 is 6.18 Å². The van der Waals surface area contributed by atoms with Gasteiger partial charge in [-0.15, -0.1) is 5.10 Å². The molecule has 4 rings (SSSR count). The van der Waals surface area contributed by atoms with Gasteiger partial charge in [0.2, 0.25) is 0 Å². The molecule has 0 spiro atoms. The molecule has 0 bridgehead atoms. The molecule has 0 radical (unpaired) electrons. The third-order valence-corrected chi connectivity index (χ3v) is 4.78. The average Bonchev–Trinajstić information content (AvgIpc) is 3.26. The Bertz CT molecular complexity index is 1280. The number of tetrazole rings is 1. The van der Waals surface area contributed by atoms with Crippen molar-refractivity contribution in [1.29, 1.82) is 0 Å². The molecule has 1 aromatic heterocycles. The van der Waals surface area contributed by atoms with Gasteiger partial charge in [0.25, 0.3) is 5.91 Å². The van der Waals surface area contributed by atoms with Gasteiger partial charge in [-0.25, -0.2) is 0 Å². The minimum Gasteiger partial charge on any atom is -0.485 e. The number of halogens is 4. The van der Waals surface area contributed by atoms with Crippen LogP contribution in [-0.2, 0) is 12.8 Å². The fourth-order valence-electron chi connectivity index (χ4n) is 3.05. The van der Waals surface area contributed by atoms with Crippen molar-refractivity contribution in [3.05, 3.63) is 94.8 Å². The van der Waals surface area contributed by atoms with Crippen molar-refractivity contribution in [2.45, 2.75) is 12.8 Å². The van der Waals surface area contributed by atoms with E-state index in [1.54, 1.807) is 48.5 Å². The van der Waals surface area contributed by atoms with Crippen LogP contribution in [0.3, 0.4) is 0 Å². The predicted molar refractivity (Wildman–Crippen MR) is 114 cm³/mol. The minimum absolute atomic E-state index is 0.00101. The molecule has 1 N–H and O–H groups in total. The lowest BCUT2D eigenvalue weighted by atomic mass is 10.1. The topological polar surface area (TPSA) is 81.9 Å². The lowest BCUT2D eigenvalue weighted by Crippen LogP contribution is -2.16. The fraction of sp³-hybridized carbons (Fsp3) is 0.0909. The normalized spacial score (nSPS) is 11.3. The van der Waals surface area contributed by atoms with E-state index in [0.717, 1.165) is 10.7 Å². The monoisotopic (exact) mass is 473 g/mol. The van der Waals surface area contributed by atoms with E-state index in [1.807, 2.05) is 6.07 Å². The molecule has 0 saturated carbocycles. The number of aromatic nitrogens is 4. The molecule has 1 heterocycles. The zero-order valence-electron chi connectivity index (χ0n) is 16.8. The molecule has 0 aliphatic carbocycles. The fourth-order valence-corrected chi connectivity index (χ4v) is 3.22. The van der Waals surface area contributed by atoms with Gasteiger partial charge in [0.1, 0.15) is 12.4 Å². The molecule has 4 aromatic rings. The quantitative estimate of drug-likeness (QED) is 0.418. The Morgan fingerprint density at radius 2 is 1.76 bits per heavy atom. The number of anilines is 1. The summed E-state index contributed by atoms with van der Waals surface area (Å²) in [6.45, 7) is -0.289. The van der Waals surface area contributed by atoms with Crippen molar-refractivity contribution in [1.82, 2.24) is 20.2 Å². The van der Waals surface area contributed by atoms with Crippen LogP contribution in [0, 0.1) is 0 Å². The van der Waals surface area contributed by atoms with Crippen LogP contribution < -0.4 is 10.1 Å². The Hall–Kier alpha value is -3.92. The molecule has 3 aromatic carbocycles. The van der Waals surface area contributed by atoms with E-state index < -0.39 is 17.6 Å². The second-order valence-electron chi connectivity index (χ2n) is 6.77. The Labute approximate surface area is 190 Å². The first-order valence-electron chi connectivity index (χ1n) is 9.55. The second kappa shape index (κ2) is 9.29. The molecule has 11 heteroatoms. The second-order valence-corrected chi connectivity index (χ2v) is 7.21. The Balaban J connectivity index is 1.58. The van der Waals surface area contributed by atoms with E-state index in [0.29, 0.717) is 5.69 Å². The van der Waals surface area contributed by atoms with E-state index in [-0.39, 0.29) is 34.5 Å². The maximum absolute atomic E-state index is 13.5. The molecule has 0 unspecified atom stereocenters. The van der Waals surface area contributed by atoms with Crippen molar-refractivity contribution in [2.75, 3.05) is 5.32 Å². The van der Waals surface area contributed by atoms with Gasteiger partial charge in [-0.1, -0.05) is 41.9 Å². The van der Waals surface area contributed by atoms with E-state index >= 15 is 0 Å². The van der Waals surface area contributed by atoms with Crippen molar-refractivity contribution < 1.29 is 22.7 Å². The van der Waals surface area contributed by atoms with Gasteiger partial charge in [0.05, 0.1) is 16.8 Å². The number of nitrogens with zero attached hydrogens (tertiary/aromatic N) is 4. The van der Waals surface area contributed by atoms with Crippen LogP contribution in [0.5, 0.6) is 5.75 Å². The van der Waals surface area contributed by atoms with Crippen LogP contribution in [-0.4, -0.2) is 26.1 Å². The molecular weight excluding hydrogens is 459 g/mol. The number of ether oxygens (including phenoxy) is 1. The summed E-state index contributed by atoms with van der Waals surface area (Å²) in [5, 5.41) is 13.6. The van der Waals surface area contributed by atoms with Crippen LogP contribution >= 0.6 is 11.6 Å². The summed E-state index contributed by atoms with van der Waals surface area (Å²) in [5.74, 6) is -0.192. The summed E-state index contributed by atoms with van der Waals surface area (Å²) in [6, 6.07) is 18.6. The molecule has 0 saturated heterocycles. The number of nitrogens with one attached hydrogen (secondary N) is 1. The Morgan fingerprint density at radius 3 is 2.52 bits per heavy atom. The number of para-hydroxylation sites is 2. The van der Waals surface area contributed by atoms with Crippen LogP contribution in [0.25, 0.3) is 5.69 Å². The lowest BCUT2D eigenvalue weighted by Gasteiger charge is -2.15. The smallest absolute Gasteiger partial charge is 0.418 e. The number of hydrogen-bond acceptors (Lipinski definition) is 5. The number of carbonyl (C=O) groups is 1. The van der Waals surface area contributed by atoms with Crippen LogP contribution in [0.1, 0.15) is 21.7 Å². The highest BCUT2D eigenvalue weighted by molar-refractivity contribution is 6.30. The largest absolute Gasteiger partial charge is 0.485 e. The van der Waals surface area contributed by atoms with Crippen LogP contribution in [0.2, 0.25) is 5.02 Å². The first-order valence-corrected chi connectivity index (χ1v) is 9.93. The third-order valence-electron chi connectivity index (χ3n) is 4.55. The van der Waals surface area contributed by atoms with Gasteiger partial charge in [-0.05, 0) is 52.9 Å². The van der Waals surface area contributed by atoms with E-state index in [2.05, 4.69) is 20.8 Å². The van der Waals surface area contributed by atoms with Crippen LogP contribution in [0.4, 0.5) is 18.9 Å². The molecule has 1 amide bonds. The number of hydrogen-bond donors (Lipinski definition) is 1. The zero-order valence-corrected chi connectivity index (χ0v) is 17.5. The molecule has 0 aliphatic rings. The number of alkyl halides is 3. The van der Waals surface area contributed by atoms with Gasteiger partial charge < -0.3 is 10.1 Å². The van der Waals surface area contributed by atoms with Gasteiger partial charge in [0.15, 0.2) is 5.82 Å². The first kappa shape index (κ1) is 22.3. The summed E-state index contributed by atoms with van der Waals surface area (Å²) < 4.78 is 47.2. The number of benzene rings is 3. The summed E-state index contributed by atoms with van der Waals surface area (Å²) in [7, 11) is 0. The Morgan fingerprint density at radius 1 is 1.03 bits per heavy atom. The van der Waals surface area contributed by atoms with Crippen molar-refractivity contribution >= 4 is 23.2 Å². The number of amides is 1. The standard InChI is InChI=1S/C22H15ClF3N5O2/c23-14-10-11-18(17(12-14)22(24,25)26)31-20(28-29-30-31)13-33-19-9-5-4-8-16(19)21(32)27-15-6-2-1-3-7-15/h1-12H,13H2,(H,27,32). The van der Waals surface area contributed by atoms with E-state index in [9.17, 15) is 18.0 Å². The molecule has 0 aliphatic heterocycles. The molecule has 7 nitrogen and oxygen atoms in total. The van der Waals surface area contributed by atoms with Gasteiger partial charge in [0, 0.05) is 10.7 Å². The highest BCUT2D eigenvalue weighted by atomic mass is 35.5. The average molecular weight is 474 g/mol. The molecule has 168 valence electrons. The van der Waals surface area contributed by atoms with Crippen LogP contribution in [0.15, 0.2) is 72.8 Å².